The molecule has 27 heavy (non-hydrogen) atoms. The number of primary amides is 1. The van der Waals surface area contributed by atoms with E-state index < -0.39 is 6.03 Å². The number of unbranched alkanes of at least 4 members (excludes halogenated alkanes) is 1. The summed E-state index contributed by atoms with van der Waals surface area (Å²) in [7, 11) is 0. The molecule has 0 heterocycles. The molecule has 1 saturated carbocycles. The highest BCUT2D eigenvalue weighted by Crippen LogP contribution is 2.33. The van der Waals surface area contributed by atoms with E-state index in [4.69, 9.17) is 5.73 Å². The van der Waals surface area contributed by atoms with Crippen molar-refractivity contribution in [1.82, 2.24) is 10.6 Å². The summed E-state index contributed by atoms with van der Waals surface area (Å²) in [6, 6.07) is 8.39. The average molecular weight is 374 g/mol. The maximum absolute atomic E-state index is 12.3. The molecule has 1 aromatic rings. The zero-order valence-electron chi connectivity index (χ0n) is 16.8. The van der Waals surface area contributed by atoms with Gasteiger partial charge in [-0.2, -0.15) is 0 Å². The molecule has 1 atom stereocenters. The minimum absolute atomic E-state index is 0.0293. The molecule has 0 bridgehead atoms. The van der Waals surface area contributed by atoms with Crippen LogP contribution in [-0.2, 0) is 4.79 Å². The number of nitrogens with two attached hydrogens (primary N) is 1. The largest absolute Gasteiger partial charge is 0.352 e. The molecule has 1 aliphatic carbocycles. The molecule has 0 aliphatic heterocycles. The van der Waals surface area contributed by atoms with Crippen LogP contribution in [0.2, 0.25) is 0 Å². The predicted octanol–water partition coefficient (Wildman–Crippen LogP) is 4.39. The first-order valence-corrected chi connectivity index (χ1v) is 10.4. The van der Waals surface area contributed by atoms with Crippen molar-refractivity contribution in [1.29, 1.82) is 0 Å². The minimum atomic E-state index is -0.518. The molecule has 1 aliphatic rings. The lowest BCUT2D eigenvalue weighted by Gasteiger charge is -2.25. The fourth-order valence-electron chi connectivity index (χ4n) is 3.91. The van der Waals surface area contributed by atoms with Gasteiger partial charge in [0, 0.05) is 13.0 Å². The molecular formula is C22H35N3O2. The van der Waals surface area contributed by atoms with Gasteiger partial charge in [0.15, 0.2) is 0 Å². The lowest BCUT2D eigenvalue weighted by Crippen LogP contribution is -2.32. The molecule has 3 amide bonds. The van der Waals surface area contributed by atoms with Gasteiger partial charge < -0.3 is 16.4 Å². The topological polar surface area (TPSA) is 84.2 Å². The average Bonchev–Trinajstić information content (AvgIpc) is 2.66. The van der Waals surface area contributed by atoms with Crippen molar-refractivity contribution in [2.24, 2.45) is 11.7 Å². The molecule has 1 aromatic carbocycles. The van der Waals surface area contributed by atoms with Crippen LogP contribution in [0.3, 0.4) is 0 Å². The highest BCUT2D eigenvalue weighted by atomic mass is 16.2. The molecule has 1 fully saturated rings. The Balaban J connectivity index is 1.86. The van der Waals surface area contributed by atoms with Crippen molar-refractivity contribution < 1.29 is 9.59 Å². The SMILES string of the molecule is CC(C)C(NC(=O)CCCCNC(N)=O)c1ccc(C2CCCCC2)cc1. The molecule has 2 rings (SSSR count). The van der Waals surface area contributed by atoms with Crippen LogP contribution in [0.4, 0.5) is 4.79 Å². The van der Waals surface area contributed by atoms with Crippen molar-refractivity contribution in [2.75, 3.05) is 6.54 Å². The molecule has 5 heteroatoms. The highest BCUT2D eigenvalue weighted by molar-refractivity contribution is 5.76. The summed E-state index contributed by atoms with van der Waals surface area (Å²) in [6.07, 6.45) is 8.59. The van der Waals surface area contributed by atoms with Crippen LogP contribution in [0.25, 0.3) is 0 Å². The normalized spacial score (nSPS) is 16.1. The Morgan fingerprint density at radius 3 is 2.33 bits per heavy atom. The van der Waals surface area contributed by atoms with Crippen LogP contribution in [0.1, 0.15) is 88.3 Å². The summed E-state index contributed by atoms with van der Waals surface area (Å²) >= 11 is 0. The fourth-order valence-corrected chi connectivity index (χ4v) is 3.91. The second-order valence-electron chi connectivity index (χ2n) is 8.04. The zero-order valence-corrected chi connectivity index (χ0v) is 16.8. The number of carbonyl (C=O) groups excluding carboxylic acids is 2. The van der Waals surface area contributed by atoms with Crippen LogP contribution in [0.5, 0.6) is 0 Å². The molecular weight excluding hydrogens is 338 g/mol. The van der Waals surface area contributed by atoms with Gasteiger partial charge in [0.2, 0.25) is 5.91 Å². The molecule has 5 nitrogen and oxygen atoms in total. The van der Waals surface area contributed by atoms with Crippen molar-refractivity contribution >= 4 is 11.9 Å². The first-order chi connectivity index (χ1) is 13.0. The van der Waals surface area contributed by atoms with Gasteiger partial charge in [-0.25, -0.2) is 4.79 Å². The molecule has 0 saturated heterocycles. The van der Waals surface area contributed by atoms with Crippen LogP contribution in [0.15, 0.2) is 24.3 Å². The van der Waals surface area contributed by atoms with Gasteiger partial charge >= 0.3 is 6.03 Å². The molecule has 0 spiro atoms. The van der Waals surface area contributed by atoms with E-state index in [2.05, 4.69) is 48.7 Å². The van der Waals surface area contributed by atoms with E-state index in [0.29, 0.717) is 24.8 Å². The number of hydrogen-bond donors (Lipinski definition) is 3. The van der Waals surface area contributed by atoms with Gasteiger partial charge in [0.05, 0.1) is 6.04 Å². The predicted molar refractivity (Wildman–Crippen MR) is 109 cm³/mol. The first-order valence-electron chi connectivity index (χ1n) is 10.4. The monoisotopic (exact) mass is 373 g/mol. The van der Waals surface area contributed by atoms with Crippen LogP contribution >= 0.6 is 0 Å². The van der Waals surface area contributed by atoms with Crippen molar-refractivity contribution in [3.05, 3.63) is 35.4 Å². The number of carbonyl (C=O) groups is 2. The summed E-state index contributed by atoms with van der Waals surface area (Å²) in [6.45, 7) is 4.78. The second kappa shape index (κ2) is 11.0. The lowest BCUT2D eigenvalue weighted by atomic mass is 9.83. The van der Waals surface area contributed by atoms with Crippen molar-refractivity contribution in [3.63, 3.8) is 0 Å². The van der Waals surface area contributed by atoms with Gasteiger partial charge in [-0.15, -0.1) is 0 Å². The number of rotatable bonds is 9. The van der Waals surface area contributed by atoms with Crippen LogP contribution in [0, 0.1) is 5.92 Å². The van der Waals surface area contributed by atoms with E-state index in [0.717, 1.165) is 12.8 Å². The number of nitrogens with one attached hydrogen (secondary N) is 2. The maximum atomic E-state index is 12.3. The second-order valence-corrected chi connectivity index (χ2v) is 8.04. The van der Waals surface area contributed by atoms with Crippen molar-refractivity contribution in [2.45, 2.75) is 77.2 Å². The Bertz CT molecular complexity index is 592. The lowest BCUT2D eigenvalue weighted by molar-refractivity contribution is -0.122. The third-order valence-electron chi connectivity index (χ3n) is 5.49. The van der Waals surface area contributed by atoms with Crippen LogP contribution in [-0.4, -0.2) is 18.5 Å². The minimum Gasteiger partial charge on any atom is -0.352 e. The number of benzene rings is 1. The number of amides is 3. The summed E-state index contributed by atoms with van der Waals surface area (Å²) in [5, 5.41) is 5.72. The zero-order chi connectivity index (χ0) is 19.6. The molecule has 4 N–H and O–H groups in total. The fraction of sp³-hybridized carbons (Fsp3) is 0.636. The Hall–Kier alpha value is -2.04. The van der Waals surface area contributed by atoms with Gasteiger partial charge in [-0.3, -0.25) is 4.79 Å². The van der Waals surface area contributed by atoms with Gasteiger partial charge in [0.1, 0.15) is 0 Å². The number of urea groups is 1. The number of hydrogen-bond acceptors (Lipinski definition) is 2. The van der Waals surface area contributed by atoms with E-state index in [1.165, 1.54) is 43.2 Å². The van der Waals surface area contributed by atoms with E-state index in [1.807, 2.05) is 0 Å². The Kier molecular flexibility index (Phi) is 8.62. The summed E-state index contributed by atoms with van der Waals surface area (Å²) in [5.41, 5.74) is 7.64. The Morgan fingerprint density at radius 2 is 1.74 bits per heavy atom. The third-order valence-corrected chi connectivity index (χ3v) is 5.49. The molecule has 0 radical (unpaired) electrons. The summed E-state index contributed by atoms with van der Waals surface area (Å²) in [5.74, 6) is 1.09. The van der Waals surface area contributed by atoms with E-state index in [-0.39, 0.29) is 11.9 Å². The first kappa shape index (κ1) is 21.3. The summed E-state index contributed by atoms with van der Waals surface area (Å²) in [4.78, 5) is 22.9. The Morgan fingerprint density at radius 1 is 1.07 bits per heavy atom. The van der Waals surface area contributed by atoms with E-state index >= 15 is 0 Å². The van der Waals surface area contributed by atoms with Crippen molar-refractivity contribution in [3.8, 4) is 0 Å². The maximum Gasteiger partial charge on any atom is 0.312 e. The standard InChI is InChI=1S/C22H35N3O2/c1-16(2)21(25-20(26)10-6-7-15-24-22(23)27)19-13-11-18(12-14-19)17-8-4-3-5-9-17/h11-14,16-17,21H,3-10,15H2,1-2H3,(H,25,26)(H3,23,24,27). The Labute approximate surface area is 163 Å². The van der Waals surface area contributed by atoms with E-state index in [9.17, 15) is 9.59 Å². The smallest absolute Gasteiger partial charge is 0.312 e. The van der Waals surface area contributed by atoms with Gasteiger partial charge in [-0.05, 0) is 48.6 Å². The quantitative estimate of drug-likeness (QED) is 0.561. The molecule has 150 valence electrons. The summed E-state index contributed by atoms with van der Waals surface area (Å²) < 4.78 is 0. The molecule has 1 unspecified atom stereocenters. The third kappa shape index (κ3) is 7.24. The van der Waals surface area contributed by atoms with Gasteiger partial charge in [0.25, 0.3) is 0 Å². The molecule has 0 aromatic heterocycles. The highest BCUT2D eigenvalue weighted by Gasteiger charge is 2.20. The van der Waals surface area contributed by atoms with Crippen LogP contribution < -0.4 is 16.4 Å². The van der Waals surface area contributed by atoms with E-state index in [1.54, 1.807) is 0 Å². The van der Waals surface area contributed by atoms with Gasteiger partial charge in [-0.1, -0.05) is 57.4 Å².